The van der Waals surface area contributed by atoms with Gasteiger partial charge in [-0.2, -0.15) is 0 Å². The van der Waals surface area contributed by atoms with Crippen molar-refractivity contribution in [2.24, 2.45) is 0 Å². The lowest BCUT2D eigenvalue weighted by Crippen LogP contribution is -2.30. The fourth-order valence-electron chi connectivity index (χ4n) is 9.97. The number of carbonyl (C=O) groups is 3. The predicted octanol–water partition coefficient (Wildman–Crippen LogP) is 22.2. The van der Waals surface area contributed by atoms with Gasteiger partial charge >= 0.3 is 17.9 Å². The average Bonchev–Trinajstić information content (AvgIpc) is 3.39. The first-order valence-corrected chi connectivity index (χ1v) is 32.8. The number of hydrogen-bond acceptors (Lipinski definition) is 6. The van der Waals surface area contributed by atoms with Crippen LogP contribution in [0.25, 0.3) is 0 Å². The average molecular weight is 1030 g/mol. The van der Waals surface area contributed by atoms with E-state index in [1.165, 1.54) is 270 Å². The third-order valence-electron chi connectivity index (χ3n) is 14.9. The summed E-state index contributed by atoms with van der Waals surface area (Å²) in [4.78, 5) is 38.3. The summed E-state index contributed by atoms with van der Waals surface area (Å²) in [5.74, 6) is -0.845. The van der Waals surface area contributed by atoms with E-state index in [0.717, 1.165) is 57.8 Å². The number of rotatable bonds is 61. The third-order valence-corrected chi connectivity index (χ3v) is 14.9. The highest BCUT2D eigenvalue weighted by Gasteiger charge is 2.19. The summed E-state index contributed by atoms with van der Waals surface area (Å²) >= 11 is 0. The van der Waals surface area contributed by atoms with Gasteiger partial charge in [-0.15, -0.1) is 0 Å². The predicted molar refractivity (Wildman–Crippen MR) is 316 cm³/mol. The Morgan fingerprint density at radius 1 is 0.260 bits per heavy atom. The monoisotopic (exact) mass is 1030 g/mol. The molecule has 430 valence electrons. The van der Waals surface area contributed by atoms with E-state index < -0.39 is 6.10 Å². The highest BCUT2D eigenvalue weighted by atomic mass is 16.6. The number of ether oxygens (including phenoxy) is 3. The van der Waals surface area contributed by atoms with E-state index in [9.17, 15) is 14.4 Å². The van der Waals surface area contributed by atoms with E-state index in [-0.39, 0.29) is 31.1 Å². The van der Waals surface area contributed by atoms with E-state index in [1.54, 1.807) is 0 Å². The summed E-state index contributed by atoms with van der Waals surface area (Å²) in [6.45, 7) is 6.69. The lowest BCUT2D eigenvalue weighted by atomic mass is 10.0. The van der Waals surface area contributed by atoms with Gasteiger partial charge in [0.2, 0.25) is 0 Å². The Morgan fingerprint density at radius 2 is 0.452 bits per heavy atom. The Morgan fingerprint density at radius 3 is 0.699 bits per heavy atom. The number of allylic oxidation sites excluding steroid dienone is 4. The van der Waals surface area contributed by atoms with Crippen LogP contribution in [0, 0.1) is 0 Å². The van der Waals surface area contributed by atoms with Gasteiger partial charge in [0.15, 0.2) is 6.10 Å². The molecule has 0 aliphatic carbocycles. The van der Waals surface area contributed by atoms with Crippen molar-refractivity contribution in [3.63, 3.8) is 0 Å². The van der Waals surface area contributed by atoms with Gasteiger partial charge in [-0.05, 0) is 70.6 Å². The van der Waals surface area contributed by atoms with Gasteiger partial charge in [0.05, 0.1) is 0 Å². The molecule has 0 radical (unpaired) electrons. The Balaban J connectivity index is 4.28. The Bertz CT molecular complexity index is 1180. The molecular formula is C67H126O6. The fourth-order valence-corrected chi connectivity index (χ4v) is 9.97. The number of unbranched alkanes of at least 4 members (excludes halogenated alkanes) is 46. The second-order valence-corrected chi connectivity index (χ2v) is 22.4. The van der Waals surface area contributed by atoms with Gasteiger partial charge in [-0.3, -0.25) is 14.4 Å². The third kappa shape index (κ3) is 60.6. The Labute approximate surface area is 455 Å². The Hall–Kier alpha value is -2.11. The number of hydrogen-bond donors (Lipinski definition) is 0. The molecule has 1 atom stereocenters. The first kappa shape index (κ1) is 70.9. The molecular weight excluding hydrogens is 901 g/mol. The van der Waals surface area contributed by atoms with Crippen molar-refractivity contribution in [3.8, 4) is 0 Å². The standard InChI is InChI=1S/C67H126O6/c1-4-7-10-13-16-19-22-25-28-30-32-33-35-37-40-42-45-48-51-54-57-60-66(69)72-63-64(73-67(70)61-58-55-52-49-46-43-38-27-24-21-18-15-12-9-6-3)62-71-65(68)59-56-53-50-47-44-41-39-36-34-31-29-26-23-20-17-14-11-8-5-2/h21,24-25,28,64H,4-20,22-23,26-27,29-63H2,1-3H3/b24-21-,28-25-/t64-/m0/s1. The summed E-state index contributed by atoms with van der Waals surface area (Å²) < 4.78 is 17.0. The number of esters is 3. The maximum Gasteiger partial charge on any atom is 0.306 e. The van der Waals surface area contributed by atoms with Crippen LogP contribution in [0.3, 0.4) is 0 Å². The van der Waals surface area contributed by atoms with Crippen LogP contribution < -0.4 is 0 Å². The molecule has 0 heterocycles. The molecule has 0 aromatic carbocycles. The highest BCUT2D eigenvalue weighted by Crippen LogP contribution is 2.18. The van der Waals surface area contributed by atoms with Gasteiger partial charge in [0.25, 0.3) is 0 Å². The second kappa shape index (κ2) is 62.4. The zero-order valence-corrected chi connectivity index (χ0v) is 49.4. The highest BCUT2D eigenvalue weighted by molar-refractivity contribution is 5.71. The topological polar surface area (TPSA) is 78.9 Å². The molecule has 0 unspecified atom stereocenters. The van der Waals surface area contributed by atoms with Crippen LogP contribution in [0.4, 0.5) is 0 Å². The van der Waals surface area contributed by atoms with E-state index >= 15 is 0 Å². The van der Waals surface area contributed by atoms with Crippen molar-refractivity contribution < 1.29 is 28.6 Å². The van der Waals surface area contributed by atoms with Crippen molar-refractivity contribution in [2.75, 3.05) is 13.2 Å². The summed E-state index contributed by atoms with van der Waals surface area (Å²) in [6.07, 6.45) is 74.7. The largest absolute Gasteiger partial charge is 0.462 e. The minimum absolute atomic E-state index is 0.0677. The molecule has 0 bridgehead atoms. The molecule has 0 rings (SSSR count). The minimum Gasteiger partial charge on any atom is -0.462 e. The van der Waals surface area contributed by atoms with Crippen molar-refractivity contribution in [2.45, 2.75) is 374 Å². The zero-order chi connectivity index (χ0) is 52.9. The van der Waals surface area contributed by atoms with E-state index in [1.807, 2.05) is 0 Å². The molecule has 0 aliphatic rings. The number of carbonyl (C=O) groups excluding carboxylic acids is 3. The van der Waals surface area contributed by atoms with E-state index in [2.05, 4.69) is 45.1 Å². The Kier molecular flexibility index (Phi) is 60.6. The molecule has 73 heavy (non-hydrogen) atoms. The quantitative estimate of drug-likeness (QED) is 0.0261. The molecule has 0 aromatic rings. The summed E-state index contributed by atoms with van der Waals surface area (Å²) in [5.41, 5.74) is 0. The molecule has 0 spiro atoms. The van der Waals surface area contributed by atoms with Crippen molar-refractivity contribution in [1.29, 1.82) is 0 Å². The summed E-state index contributed by atoms with van der Waals surface area (Å²) in [6, 6.07) is 0. The molecule has 0 N–H and O–H groups in total. The van der Waals surface area contributed by atoms with Crippen LogP contribution in [-0.4, -0.2) is 37.2 Å². The van der Waals surface area contributed by atoms with Crippen LogP contribution in [0.5, 0.6) is 0 Å². The van der Waals surface area contributed by atoms with Crippen molar-refractivity contribution in [1.82, 2.24) is 0 Å². The van der Waals surface area contributed by atoms with Crippen LogP contribution >= 0.6 is 0 Å². The van der Waals surface area contributed by atoms with Crippen molar-refractivity contribution in [3.05, 3.63) is 24.3 Å². The van der Waals surface area contributed by atoms with Gasteiger partial charge < -0.3 is 14.2 Å². The van der Waals surface area contributed by atoms with Crippen LogP contribution in [-0.2, 0) is 28.6 Å². The van der Waals surface area contributed by atoms with Gasteiger partial charge in [0.1, 0.15) is 13.2 Å². The molecule has 0 saturated carbocycles. The lowest BCUT2D eigenvalue weighted by Gasteiger charge is -2.18. The zero-order valence-electron chi connectivity index (χ0n) is 49.4. The molecule has 0 aliphatic heterocycles. The van der Waals surface area contributed by atoms with Crippen molar-refractivity contribution >= 4 is 17.9 Å². The fraction of sp³-hybridized carbons (Fsp3) is 0.896. The van der Waals surface area contributed by atoms with Crippen LogP contribution in [0.2, 0.25) is 0 Å². The molecule has 6 nitrogen and oxygen atoms in total. The van der Waals surface area contributed by atoms with Gasteiger partial charge in [-0.25, -0.2) is 0 Å². The van der Waals surface area contributed by atoms with E-state index in [4.69, 9.17) is 14.2 Å². The molecule has 0 aromatic heterocycles. The normalized spacial score (nSPS) is 12.1. The maximum atomic E-state index is 12.9. The lowest BCUT2D eigenvalue weighted by molar-refractivity contribution is -0.167. The van der Waals surface area contributed by atoms with E-state index in [0.29, 0.717) is 19.3 Å². The smallest absolute Gasteiger partial charge is 0.306 e. The molecule has 0 amide bonds. The van der Waals surface area contributed by atoms with Crippen LogP contribution in [0.15, 0.2) is 24.3 Å². The van der Waals surface area contributed by atoms with Gasteiger partial charge in [-0.1, -0.05) is 302 Å². The SMILES string of the molecule is CCCCCC/C=C\CCCCCCCCCC(=O)O[C@H](COC(=O)CCCCCCCCCCCCC/C=C\CCCCCCCC)COC(=O)CCCCCCCCCCCCCCCCCCCCC. The molecule has 0 fully saturated rings. The summed E-state index contributed by atoms with van der Waals surface area (Å²) in [7, 11) is 0. The van der Waals surface area contributed by atoms with Crippen LogP contribution in [0.1, 0.15) is 367 Å². The first-order valence-electron chi connectivity index (χ1n) is 32.8. The second-order valence-electron chi connectivity index (χ2n) is 22.4. The van der Waals surface area contributed by atoms with Gasteiger partial charge in [0, 0.05) is 19.3 Å². The first-order chi connectivity index (χ1) is 36.0. The molecule has 0 saturated heterocycles. The summed E-state index contributed by atoms with van der Waals surface area (Å²) in [5, 5.41) is 0. The minimum atomic E-state index is -0.771. The molecule has 6 heteroatoms. The maximum absolute atomic E-state index is 12.9.